The minimum Gasteiger partial charge on any atom is -0.267 e. The lowest BCUT2D eigenvalue weighted by Gasteiger charge is -2.07. The Kier molecular flexibility index (Phi) is 10.4. The SMILES string of the molecule is CCCCCCCC[C@@H]1C[C@H](CCCCCCC)OS1(=O)=O. The molecule has 0 bridgehead atoms. The van der Waals surface area contributed by atoms with E-state index in [2.05, 4.69) is 13.8 Å². The zero-order valence-electron chi connectivity index (χ0n) is 14.7. The van der Waals surface area contributed by atoms with Crippen LogP contribution in [0.25, 0.3) is 0 Å². The molecule has 4 heteroatoms. The van der Waals surface area contributed by atoms with Gasteiger partial charge in [-0.25, -0.2) is 0 Å². The van der Waals surface area contributed by atoms with E-state index in [9.17, 15) is 8.42 Å². The van der Waals surface area contributed by atoms with Crippen LogP contribution in [0.5, 0.6) is 0 Å². The predicted octanol–water partition coefficient (Wildman–Crippen LogP) is 5.58. The number of hydrogen-bond acceptors (Lipinski definition) is 3. The van der Waals surface area contributed by atoms with E-state index in [0.29, 0.717) is 0 Å². The van der Waals surface area contributed by atoms with Gasteiger partial charge in [0.15, 0.2) is 0 Å². The lowest BCUT2D eigenvalue weighted by Crippen LogP contribution is -2.14. The van der Waals surface area contributed by atoms with Gasteiger partial charge in [0.1, 0.15) is 0 Å². The van der Waals surface area contributed by atoms with Crippen molar-refractivity contribution in [1.29, 1.82) is 0 Å². The Balaban J connectivity index is 2.16. The molecule has 3 nitrogen and oxygen atoms in total. The van der Waals surface area contributed by atoms with Gasteiger partial charge in [-0.2, -0.15) is 8.42 Å². The van der Waals surface area contributed by atoms with Crippen molar-refractivity contribution in [2.75, 3.05) is 0 Å². The monoisotopic (exact) mass is 332 g/mol. The van der Waals surface area contributed by atoms with Crippen molar-refractivity contribution in [3.63, 3.8) is 0 Å². The van der Waals surface area contributed by atoms with Crippen molar-refractivity contribution in [3.05, 3.63) is 0 Å². The molecule has 2 atom stereocenters. The van der Waals surface area contributed by atoms with Crippen molar-refractivity contribution in [2.24, 2.45) is 0 Å². The van der Waals surface area contributed by atoms with Gasteiger partial charge in [-0.05, 0) is 19.3 Å². The molecule has 0 aromatic carbocycles. The molecule has 0 amide bonds. The molecule has 0 N–H and O–H groups in total. The minimum atomic E-state index is -3.28. The first-order valence-corrected chi connectivity index (χ1v) is 11.0. The van der Waals surface area contributed by atoms with Gasteiger partial charge in [0, 0.05) is 0 Å². The molecule has 0 aromatic heterocycles. The van der Waals surface area contributed by atoms with Crippen LogP contribution < -0.4 is 0 Å². The zero-order valence-corrected chi connectivity index (χ0v) is 15.5. The molecule has 0 saturated carbocycles. The van der Waals surface area contributed by atoms with Crippen LogP contribution in [-0.2, 0) is 14.3 Å². The van der Waals surface area contributed by atoms with Gasteiger partial charge >= 0.3 is 0 Å². The van der Waals surface area contributed by atoms with Gasteiger partial charge in [-0.1, -0.05) is 84.5 Å². The van der Waals surface area contributed by atoms with E-state index < -0.39 is 10.1 Å². The third-order valence-corrected chi connectivity index (χ3v) is 6.50. The molecule has 1 aliphatic heterocycles. The lowest BCUT2D eigenvalue weighted by atomic mass is 10.0. The normalized spacial score (nSPS) is 23.9. The van der Waals surface area contributed by atoms with E-state index in [4.69, 9.17) is 4.18 Å². The maximum Gasteiger partial charge on any atom is 0.270 e. The highest BCUT2D eigenvalue weighted by Crippen LogP contribution is 2.31. The van der Waals surface area contributed by atoms with E-state index in [1.807, 2.05) is 0 Å². The van der Waals surface area contributed by atoms with Gasteiger partial charge in [0.25, 0.3) is 10.1 Å². The average Bonchev–Trinajstić information content (AvgIpc) is 2.77. The molecule has 132 valence electrons. The summed E-state index contributed by atoms with van der Waals surface area (Å²) in [6.07, 6.45) is 15.7. The summed E-state index contributed by atoms with van der Waals surface area (Å²) in [4.78, 5) is 0. The van der Waals surface area contributed by atoms with E-state index in [1.165, 1.54) is 51.4 Å². The van der Waals surface area contributed by atoms with Crippen LogP contribution >= 0.6 is 0 Å². The topological polar surface area (TPSA) is 43.4 Å². The van der Waals surface area contributed by atoms with E-state index in [0.717, 1.165) is 38.5 Å². The summed E-state index contributed by atoms with van der Waals surface area (Å²) in [5.41, 5.74) is 0. The molecule has 1 aliphatic rings. The third kappa shape index (κ3) is 7.96. The molecular formula is C18H36O3S. The van der Waals surface area contributed by atoms with Gasteiger partial charge in [-0.15, -0.1) is 0 Å². The molecule has 1 saturated heterocycles. The quantitative estimate of drug-likeness (QED) is 0.326. The van der Waals surface area contributed by atoms with Crippen LogP contribution in [0.1, 0.15) is 104 Å². The molecule has 1 fully saturated rings. The summed E-state index contributed by atoms with van der Waals surface area (Å²) in [5, 5.41) is -0.237. The molecule has 0 aromatic rings. The second kappa shape index (κ2) is 11.4. The lowest BCUT2D eigenvalue weighted by molar-refractivity contribution is 0.218. The molecule has 0 aliphatic carbocycles. The minimum absolute atomic E-state index is 0.0447. The van der Waals surface area contributed by atoms with Crippen LogP contribution in [0.2, 0.25) is 0 Å². The summed E-state index contributed by atoms with van der Waals surface area (Å²) in [7, 11) is -3.28. The molecule has 0 spiro atoms. The Morgan fingerprint density at radius 2 is 1.27 bits per heavy atom. The fourth-order valence-electron chi connectivity index (χ4n) is 3.27. The molecule has 1 rings (SSSR count). The molecule has 1 heterocycles. The fourth-order valence-corrected chi connectivity index (χ4v) is 4.89. The first-order chi connectivity index (χ1) is 10.6. The van der Waals surface area contributed by atoms with Crippen molar-refractivity contribution in [3.8, 4) is 0 Å². The maximum atomic E-state index is 12.1. The second-order valence-electron chi connectivity index (χ2n) is 6.83. The van der Waals surface area contributed by atoms with Gasteiger partial charge in [0.2, 0.25) is 0 Å². The highest BCUT2D eigenvalue weighted by Gasteiger charge is 2.38. The summed E-state index contributed by atoms with van der Waals surface area (Å²) in [5.74, 6) is 0. The summed E-state index contributed by atoms with van der Waals surface area (Å²) >= 11 is 0. The Morgan fingerprint density at radius 1 is 0.773 bits per heavy atom. The van der Waals surface area contributed by atoms with Crippen LogP contribution in [0.4, 0.5) is 0 Å². The van der Waals surface area contributed by atoms with Crippen LogP contribution in [-0.4, -0.2) is 19.8 Å². The summed E-state index contributed by atoms with van der Waals surface area (Å²) < 4.78 is 29.4. The van der Waals surface area contributed by atoms with Crippen LogP contribution in [0.15, 0.2) is 0 Å². The Morgan fingerprint density at radius 3 is 1.86 bits per heavy atom. The highest BCUT2D eigenvalue weighted by atomic mass is 32.2. The molecule has 0 unspecified atom stereocenters. The van der Waals surface area contributed by atoms with Gasteiger partial charge in [0.05, 0.1) is 11.4 Å². The van der Waals surface area contributed by atoms with Crippen LogP contribution in [0, 0.1) is 0 Å². The maximum absolute atomic E-state index is 12.1. The summed E-state index contributed by atoms with van der Waals surface area (Å²) in [6.45, 7) is 4.42. The molecule has 22 heavy (non-hydrogen) atoms. The van der Waals surface area contributed by atoms with E-state index in [1.54, 1.807) is 0 Å². The van der Waals surface area contributed by atoms with E-state index >= 15 is 0 Å². The van der Waals surface area contributed by atoms with Crippen molar-refractivity contribution >= 4 is 10.1 Å². The van der Waals surface area contributed by atoms with Crippen LogP contribution in [0.3, 0.4) is 0 Å². The fraction of sp³-hybridized carbons (Fsp3) is 1.00. The number of hydrogen-bond donors (Lipinski definition) is 0. The average molecular weight is 333 g/mol. The standard InChI is InChI=1S/C18H36O3S/c1-3-5-7-9-11-13-15-18-16-17(21-22(18,19)20)14-12-10-8-6-4-2/h17-18H,3-16H2,1-2H3/t17-,18+/m0/s1. The van der Waals surface area contributed by atoms with Gasteiger partial charge < -0.3 is 0 Å². The summed E-state index contributed by atoms with van der Waals surface area (Å²) in [6, 6.07) is 0. The highest BCUT2D eigenvalue weighted by molar-refractivity contribution is 7.87. The Labute approximate surface area is 138 Å². The smallest absolute Gasteiger partial charge is 0.267 e. The third-order valence-electron chi connectivity index (χ3n) is 4.71. The van der Waals surface area contributed by atoms with Crippen molar-refractivity contribution in [2.45, 2.75) is 115 Å². The first kappa shape index (κ1) is 20.0. The Bertz CT molecular complexity index is 365. The number of rotatable bonds is 13. The second-order valence-corrected chi connectivity index (χ2v) is 8.67. The molecular weight excluding hydrogens is 296 g/mol. The zero-order chi connectivity index (χ0) is 16.3. The first-order valence-electron chi connectivity index (χ1n) is 9.52. The number of unbranched alkanes of at least 4 members (excludes halogenated alkanes) is 9. The molecule has 0 radical (unpaired) electrons. The largest absolute Gasteiger partial charge is 0.270 e. The Hall–Kier alpha value is -0.0900. The van der Waals surface area contributed by atoms with Crippen molar-refractivity contribution in [1.82, 2.24) is 0 Å². The predicted molar refractivity (Wildman–Crippen MR) is 93.6 cm³/mol. The van der Waals surface area contributed by atoms with Gasteiger partial charge in [-0.3, -0.25) is 4.18 Å². The van der Waals surface area contributed by atoms with E-state index in [-0.39, 0.29) is 11.4 Å². The van der Waals surface area contributed by atoms with Crippen molar-refractivity contribution < 1.29 is 12.6 Å².